The van der Waals surface area contributed by atoms with Gasteiger partial charge in [-0.15, -0.1) is 0 Å². The lowest BCUT2D eigenvalue weighted by molar-refractivity contribution is -0.119. The van der Waals surface area contributed by atoms with Crippen molar-refractivity contribution < 1.29 is 4.79 Å². The molecule has 182 valence electrons. The third-order valence-corrected chi connectivity index (χ3v) is 5.64. The normalized spacial score (nSPS) is 12.7. The number of ketones is 1. The zero-order valence-corrected chi connectivity index (χ0v) is 21.4. The van der Waals surface area contributed by atoms with Crippen LogP contribution in [0.3, 0.4) is 0 Å². The molecule has 3 aromatic carbocycles. The number of hydrogen-bond acceptors (Lipinski definition) is 3. The predicted molar refractivity (Wildman–Crippen MR) is 148 cm³/mol. The highest BCUT2D eigenvalue weighted by molar-refractivity contribution is 5.89. The van der Waals surface area contributed by atoms with Crippen molar-refractivity contribution in [3.63, 3.8) is 0 Å². The molecule has 1 heterocycles. The van der Waals surface area contributed by atoms with Gasteiger partial charge < -0.3 is 4.90 Å². The molecule has 0 radical (unpaired) electrons. The molecule has 1 aliphatic rings. The van der Waals surface area contributed by atoms with E-state index in [1.807, 2.05) is 62.4 Å². The minimum atomic E-state index is 0.394. The Kier molecular flexibility index (Phi) is 10.00. The van der Waals surface area contributed by atoms with E-state index in [4.69, 9.17) is 0 Å². The minimum Gasteiger partial charge on any atom is -0.305 e. The van der Waals surface area contributed by atoms with E-state index in [0.29, 0.717) is 18.1 Å². The average molecular weight is 468 g/mol. The number of rotatable bonds is 7. The van der Waals surface area contributed by atoms with Crippen molar-refractivity contribution >= 4 is 28.8 Å². The molecule has 5 rings (SSSR count). The number of aromatic amines is 1. The van der Waals surface area contributed by atoms with E-state index in [2.05, 4.69) is 71.7 Å². The van der Waals surface area contributed by atoms with Gasteiger partial charge in [-0.25, -0.2) is 0 Å². The van der Waals surface area contributed by atoms with Gasteiger partial charge in [0, 0.05) is 24.3 Å². The number of carbonyl (C=O) groups excluding carboxylic acids is 1. The molecule has 0 amide bonds. The molecule has 0 atom stereocenters. The molecular weight excluding hydrogens is 430 g/mol. The van der Waals surface area contributed by atoms with Crippen LogP contribution in [0.2, 0.25) is 0 Å². The first-order valence-corrected chi connectivity index (χ1v) is 12.5. The second-order valence-electron chi connectivity index (χ2n) is 8.87. The Labute approximate surface area is 209 Å². The molecule has 0 bridgehead atoms. The lowest BCUT2D eigenvalue weighted by Crippen LogP contribution is -2.10. The molecule has 0 unspecified atom stereocenters. The number of hydrogen-bond donors (Lipinski definition) is 1. The van der Waals surface area contributed by atoms with Crippen LogP contribution in [0, 0.1) is 5.92 Å². The molecule has 35 heavy (non-hydrogen) atoms. The maximum atomic E-state index is 11.4. The summed E-state index contributed by atoms with van der Waals surface area (Å²) in [5.41, 5.74) is 5.70. The van der Waals surface area contributed by atoms with Gasteiger partial charge in [-0.3, -0.25) is 9.89 Å². The highest BCUT2D eigenvalue weighted by Gasteiger charge is 2.28. The fourth-order valence-electron chi connectivity index (χ4n) is 3.79. The van der Waals surface area contributed by atoms with Gasteiger partial charge in [0.05, 0.1) is 11.2 Å². The number of para-hydroxylation sites is 1. The van der Waals surface area contributed by atoms with Crippen molar-refractivity contribution in [1.82, 2.24) is 15.1 Å². The summed E-state index contributed by atoms with van der Waals surface area (Å²) in [5.74, 6) is 0.811. The van der Waals surface area contributed by atoms with Crippen LogP contribution in [-0.4, -0.2) is 35.0 Å². The van der Waals surface area contributed by atoms with Crippen molar-refractivity contribution in [1.29, 1.82) is 0 Å². The summed E-state index contributed by atoms with van der Waals surface area (Å²) in [5, 5.41) is 8.57. The van der Waals surface area contributed by atoms with Gasteiger partial charge >= 0.3 is 0 Å². The van der Waals surface area contributed by atoms with Crippen LogP contribution >= 0.6 is 0 Å². The number of aromatic nitrogens is 2. The summed E-state index contributed by atoms with van der Waals surface area (Å²) in [4.78, 5) is 13.5. The minimum absolute atomic E-state index is 0.394. The molecule has 4 heteroatoms. The smallest absolute Gasteiger partial charge is 0.140 e. The van der Waals surface area contributed by atoms with Crippen molar-refractivity contribution in [2.45, 2.75) is 39.7 Å². The van der Waals surface area contributed by atoms with E-state index in [-0.39, 0.29) is 0 Å². The van der Waals surface area contributed by atoms with E-state index >= 15 is 0 Å². The molecular formula is C31H37N3O. The van der Waals surface area contributed by atoms with Crippen LogP contribution in [0.1, 0.15) is 49.1 Å². The van der Waals surface area contributed by atoms with E-state index in [1.165, 1.54) is 11.1 Å². The van der Waals surface area contributed by atoms with Crippen molar-refractivity contribution in [2.24, 2.45) is 5.92 Å². The largest absolute Gasteiger partial charge is 0.305 e. The summed E-state index contributed by atoms with van der Waals surface area (Å²) in [6, 6.07) is 26.7. The zero-order valence-electron chi connectivity index (χ0n) is 21.4. The summed E-state index contributed by atoms with van der Waals surface area (Å²) in [6.07, 6.45) is 7.04. The number of nitrogens with one attached hydrogen (secondary N) is 1. The third-order valence-electron chi connectivity index (χ3n) is 5.64. The van der Waals surface area contributed by atoms with E-state index in [1.54, 1.807) is 0 Å². The molecule has 1 aliphatic carbocycles. The summed E-state index contributed by atoms with van der Waals surface area (Å²) in [7, 11) is 4.16. The first-order chi connectivity index (χ1) is 17.1. The number of benzene rings is 3. The van der Waals surface area contributed by atoms with Crippen LogP contribution in [-0.2, 0) is 17.8 Å². The number of nitrogens with zero attached hydrogens (tertiary/aromatic N) is 2. The molecule has 0 saturated heterocycles. The van der Waals surface area contributed by atoms with Crippen molar-refractivity contribution in [3.8, 4) is 0 Å². The standard InChI is InChI=1S/C18H19N3.C11H12O.C2H6/c1-21(2)13-15-7-5-6-14(12-15)10-11-18-16-8-3-4-9-17(16)19-20-18;12-11(10-6-7-10)8-9-4-2-1-3-5-9;1-2/h3-12H,13H2,1-2H3,(H,19,20);1-5,10H,6-8H2;1-2H3/b11-10+;;. The second kappa shape index (κ2) is 13.4. The predicted octanol–water partition coefficient (Wildman–Crippen LogP) is 7.03. The zero-order chi connectivity index (χ0) is 25.0. The molecule has 1 saturated carbocycles. The number of fused-ring (bicyclic) bond motifs is 1. The van der Waals surface area contributed by atoms with E-state index < -0.39 is 0 Å². The van der Waals surface area contributed by atoms with Crippen LogP contribution in [0.4, 0.5) is 0 Å². The van der Waals surface area contributed by atoms with Gasteiger partial charge in [0.25, 0.3) is 0 Å². The van der Waals surface area contributed by atoms with Gasteiger partial charge in [0.2, 0.25) is 0 Å². The summed E-state index contributed by atoms with van der Waals surface area (Å²) < 4.78 is 0. The van der Waals surface area contributed by atoms with Crippen LogP contribution < -0.4 is 0 Å². The quantitative estimate of drug-likeness (QED) is 0.317. The number of H-pyrrole nitrogens is 1. The first kappa shape index (κ1) is 26.1. The van der Waals surface area contributed by atoms with Crippen molar-refractivity contribution in [3.05, 3.63) is 101 Å². The maximum absolute atomic E-state index is 11.4. The number of Topliss-reactive ketones (excluding diaryl/α,β-unsaturated/α-hetero) is 1. The van der Waals surface area contributed by atoms with Gasteiger partial charge in [0.15, 0.2) is 0 Å². The molecule has 1 fully saturated rings. The monoisotopic (exact) mass is 467 g/mol. The Bertz CT molecular complexity index is 1220. The summed E-state index contributed by atoms with van der Waals surface area (Å²) >= 11 is 0. The molecule has 0 spiro atoms. The highest BCUT2D eigenvalue weighted by atomic mass is 16.1. The van der Waals surface area contributed by atoms with Crippen LogP contribution in [0.5, 0.6) is 0 Å². The molecule has 4 nitrogen and oxygen atoms in total. The SMILES string of the molecule is CC.CN(C)Cc1cccc(/C=C/c2n[nH]c3ccccc23)c1.O=C(Cc1ccccc1)C1CC1. The lowest BCUT2D eigenvalue weighted by atomic mass is 10.1. The molecule has 0 aliphatic heterocycles. The lowest BCUT2D eigenvalue weighted by Gasteiger charge is -2.09. The van der Waals surface area contributed by atoms with Gasteiger partial charge in [-0.1, -0.05) is 92.7 Å². The Hall–Kier alpha value is -3.50. The number of carbonyl (C=O) groups is 1. The third kappa shape index (κ3) is 8.34. The summed E-state index contributed by atoms with van der Waals surface area (Å²) in [6.45, 7) is 4.95. The Morgan fingerprint density at radius 2 is 1.60 bits per heavy atom. The van der Waals surface area contributed by atoms with E-state index in [9.17, 15) is 4.79 Å². The maximum Gasteiger partial charge on any atom is 0.140 e. The molecule has 4 aromatic rings. The van der Waals surface area contributed by atoms with Crippen LogP contribution in [0.25, 0.3) is 23.1 Å². The Morgan fingerprint density at radius 3 is 2.31 bits per heavy atom. The first-order valence-electron chi connectivity index (χ1n) is 12.5. The fraction of sp³-hybridized carbons (Fsp3) is 0.290. The van der Waals surface area contributed by atoms with Gasteiger partial charge in [-0.05, 0) is 55.8 Å². The van der Waals surface area contributed by atoms with Gasteiger partial charge in [-0.2, -0.15) is 5.10 Å². The fourth-order valence-corrected chi connectivity index (χ4v) is 3.79. The van der Waals surface area contributed by atoms with Crippen LogP contribution in [0.15, 0.2) is 78.9 Å². The molecule has 1 N–H and O–H groups in total. The van der Waals surface area contributed by atoms with Crippen molar-refractivity contribution in [2.75, 3.05) is 14.1 Å². The Morgan fingerprint density at radius 1 is 0.914 bits per heavy atom. The van der Waals surface area contributed by atoms with E-state index in [0.717, 1.165) is 41.5 Å². The molecule has 1 aromatic heterocycles. The average Bonchev–Trinajstić information content (AvgIpc) is 3.65. The van der Waals surface area contributed by atoms with Gasteiger partial charge in [0.1, 0.15) is 5.78 Å². The second-order valence-corrected chi connectivity index (χ2v) is 8.87. The topological polar surface area (TPSA) is 49.0 Å². The Balaban J connectivity index is 0.000000207. The highest BCUT2D eigenvalue weighted by Crippen LogP contribution is 2.30.